The van der Waals surface area contributed by atoms with Crippen LogP contribution >= 0.6 is 0 Å². The lowest BCUT2D eigenvalue weighted by Crippen LogP contribution is -2.66. The molecule has 1 saturated carbocycles. The highest BCUT2D eigenvalue weighted by molar-refractivity contribution is 5.98. The van der Waals surface area contributed by atoms with Crippen LogP contribution in [0.5, 0.6) is 0 Å². The van der Waals surface area contributed by atoms with Crippen molar-refractivity contribution >= 4 is 11.8 Å². The number of rotatable bonds is 2. The average Bonchev–Trinajstić information content (AvgIpc) is 2.85. The summed E-state index contributed by atoms with van der Waals surface area (Å²) in [6.45, 7) is 3.14. The minimum Gasteiger partial charge on any atom is -0.374 e. The Morgan fingerprint density at radius 3 is 2.80 bits per heavy atom. The van der Waals surface area contributed by atoms with Crippen LogP contribution in [0.2, 0.25) is 0 Å². The monoisotopic (exact) mass is 281 g/mol. The Kier molecular flexibility index (Phi) is 3.69. The van der Waals surface area contributed by atoms with E-state index in [0.29, 0.717) is 13.2 Å². The molecule has 0 aromatic heterocycles. The quantitative estimate of drug-likeness (QED) is 0.747. The highest BCUT2D eigenvalue weighted by Gasteiger charge is 2.48. The molecule has 1 atom stereocenters. The standard InChI is InChI=1S/C14H23N3O3/c1-16-6-7-20-11(8-16)9-17-10-12(18)15-14(13(17)19)4-2-3-5-14/h11H,2-10H2,1H3,(H,15,18). The molecule has 2 heterocycles. The van der Waals surface area contributed by atoms with E-state index in [4.69, 9.17) is 4.74 Å². The van der Waals surface area contributed by atoms with Crippen molar-refractivity contribution in [1.29, 1.82) is 0 Å². The summed E-state index contributed by atoms with van der Waals surface area (Å²) in [5, 5.41) is 2.94. The van der Waals surface area contributed by atoms with Gasteiger partial charge in [-0.05, 0) is 19.9 Å². The summed E-state index contributed by atoms with van der Waals surface area (Å²) in [7, 11) is 2.05. The average molecular weight is 281 g/mol. The molecular weight excluding hydrogens is 258 g/mol. The number of ether oxygens (including phenoxy) is 1. The zero-order valence-electron chi connectivity index (χ0n) is 12.1. The predicted octanol–water partition coefficient (Wildman–Crippen LogP) is -0.412. The van der Waals surface area contributed by atoms with Crippen LogP contribution in [0.3, 0.4) is 0 Å². The molecule has 1 aliphatic carbocycles. The zero-order valence-corrected chi connectivity index (χ0v) is 12.1. The van der Waals surface area contributed by atoms with Gasteiger partial charge in [-0.25, -0.2) is 0 Å². The lowest BCUT2D eigenvalue weighted by molar-refractivity contribution is -0.152. The van der Waals surface area contributed by atoms with Crippen molar-refractivity contribution < 1.29 is 14.3 Å². The molecule has 1 N–H and O–H groups in total. The van der Waals surface area contributed by atoms with Gasteiger partial charge in [-0.1, -0.05) is 12.8 Å². The second-order valence-corrected chi connectivity index (χ2v) is 6.28. The third kappa shape index (κ3) is 2.54. The highest BCUT2D eigenvalue weighted by Crippen LogP contribution is 2.33. The van der Waals surface area contributed by atoms with E-state index in [9.17, 15) is 9.59 Å². The van der Waals surface area contributed by atoms with Gasteiger partial charge in [0.1, 0.15) is 5.54 Å². The lowest BCUT2D eigenvalue weighted by Gasteiger charge is -2.42. The first-order valence-electron chi connectivity index (χ1n) is 7.50. The van der Waals surface area contributed by atoms with E-state index in [1.165, 1.54) is 0 Å². The Balaban J connectivity index is 1.68. The summed E-state index contributed by atoms with van der Waals surface area (Å²) >= 11 is 0. The van der Waals surface area contributed by atoms with Crippen molar-refractivity contribution in [3.8, 4) is 0 Å². The number of carbonyl (C=O) groups excluding carboxylic acids is 2. The number of carbonyl (C=O) groups is 2. The summed E-state index contributed by atoms with van der Waals surface area (Å²) < 4.78 is 5.72. The molecule has 112 valence electrons. The number of likely N-dealkylation sites (N-methyl/N-ethyl adjacent to an activating group) is 1. The third-order valence-corrected chi connectivity index (χ3v) is 4.63. The molecule has 1 spiro atoms. The van der Waals surface area contributed by atoms with Crippen LogP contribution in [0.1, 0.15) is 25.7 Å². The molecule has 3 aliphatic rings. The maximum atomic E-state index is 12.7. The Morgan fingerprint density at radius 1 is 1.35 bits per heavy atom. The van der Waals surface area contributed by atoms with Crippen molar-refractivity contribution in [2.45, 2.75) is 37.3 Å². The minimum atomic E-state index is -0.615. The normalized spacial score (nSPS) is 30.9. The van der Waals surface area contributed by atoms with Crippen molar-refractivity contribution in [2.24, 2.45) is 0 Å². The van der Waals surface area contributed by atoms with Crippen LogP contribution in [0.15, 0.2) is 0 Å². The molecule has 0 bridgehead atoms. The lowest BCUT2D eigenvalue weighted by atomic mass is 9.93. The van der Waals surface area contributed by atoms with Crippen molar-refractivity contribution in [3.63, 3.8) is 0 Å². The molecular formula is C14H23N3O3. The topological polar surface area (TPSA) is 61.9 Å². The van der Waals surface area contributed by atoms with Crippen LogP contribution in [-0.4, -0.2) is 73.1 Å². The molecule has 6 heteroatoms. The Hall–Kier alpha value is -1.14. The second kappa shape index (κ2) is 5.33. The van der Waals surface area contributed by atoms with E-state index in [-0.39, 0.29) is 24.5 Å². The fourth-order valence-electron chi connectivity index (χ4n) is 3.60. The largest absolute Gasteiger partial charge is 0.374 e. The molecule has 2 amide bonds. The van der Waals surface area contributed by atoms with E-state index in [0.717, 1.165) is 38.8 Å². The van der Waals surface area contributed by atoms with Crippen molar-refractivity contribution in [3.05, 3.63) is 0 Å². The van der Waals surface area contributed by atoms with Crippen LogP contribution < -0.4 is 5.32 Å². The first-order valence-corrected chi connectivity index (χ1v) is 7.50. The second-order valence-electron chi connectivity index (χ2n) is 6.28. The van der Waals surface area contributed by atoms with Gasteiger partial charge < -0.3 is 19.9 Å². The molecule has 3 fully saturated rings. The molecule has 20 heavy (non-hydrogen) atoms. The van der Waals surface area contributed by atoms with E-state index >= 15 is 0 Å². The fourth-order valence-corrected chi connectivity index (χ4v) is 3.60. The van der Waals surface area contributed by atoms with Crippen molar-refractivity contribution in [1.82, 2.24) is 15.1 Å². The van der Waals surface area contributed by atoms with Crippen LogP contribution in [0, 0.1) is 0 Å². The Bertz CT molecular complexity index is 406. The summed E-state index contributed by atoms with van der Waals surface area (Å²) in [6, 6.07) is 0. The van der Waals surface area contributed by atoms with Crippen LogP contribution in [0.4, 0.5) is 0 Å². The number of piperazine rings is 1. The summed E-state index contributed by atoms with van der Waals surface area (Å²) in [5.41, 5.74) is -0.615. The molecule has 3 rings (SSSR count). The number of hydrogen-bond acceptors (Lipinski definition) is 4. The van der Waals surface area contributed by atoms with Gasteiger partial charge in [0.05, 0.1) is 19.3 Å². The fraction of sp³-hybridized carbons (Fsp3) is 0.857. The number of amides is 2. The first kappa shape index (κ1) is 13.8. The highest BCUT2D eigenvalue weighted by atomic mass is 16.5. The van der Waals surface area contributed by atoms with Gasteiger partial charge in [0.2, 0.25) is 11.8 Å². The van der Waals surface area contributed by atoms with Gasteiger partial charge in [0.15, 0.2) is 0 Å². The van der Waals surface area contributed by atoms with Crippen LogP contribution in [-0.2, 0) is 14.3 Å². The van der Waals surface area contributed by atoms with Gasteiger partial charge >= 0.3 is 0 Å². The summed E-state index contributed by atoms with van der Waals surface area (Å²) in [6.07, 6.45) is 3.60. The third-order valence-electron chi connectivity index (χ3n) is 4.63. The predicted molar refractivity (Wildman–Crippen MR) is 73.2 cm³/mol. The van der Waals surface area contributed by atoms with Gasteiger partial charge in [0.25, 0.3) is 0 Å². The molecule has 0 radical (unpaired) electrons. The number of morpholine rings is 1. The molecule has 2 aliphatic heterocycles. The van der Waals surface area contributed by atoms with Gasteiger partial charge in [-0.2, -0.15) is 0 Å². The van der Waals surface area contributed by atoms with Crippen LogP contribution in [0.25, 0.3) is 0 Å². The van der Waals surface area contributed by atoms with E-state index in [1.54, 1.807) is 4.90 Å². The maximum Gasteiger partial charge on any atom is 0.248 e. The Morgan fingerprint density at radius 2 is 2.10 bits per heavy atom. The molecule has 0 aromatic rings. The molecule has 6 nitrogen and oxygen atoms in total. The van der Waals surface area contributed by atoms with E-state index in [1.807, 2.05) is 0 Å². The summed E-state index contributed by atoms with van der Waals surface area (Å²) in [4.78, 5) is 28.5. The number of nitrogens with zero attached hydrogens (tertiary/aromatic N) is 2. The molecule has 2 saturated heterocycles. The first-order chi connectivity index (χ1) is 9.59. The zero-order chi connectivity index (χ0) is 14.2. The van der Waals surface area contributed by atoms with Gasteiger partial charge in [-0.15, -0.1) is 0 Å². The number of hydrogen-bond donors (Lipinski definition) is 1. The molecule has 1 unspecified atom stereocenters. The van der Waals surface area contributed by atoms with E-state index in [2.05, 4.69) is 17.3 Å². The SMILES string of the molecule is CN1CCOC(CN2CC(=O)NC3(CCCC3)C2=O)C1. The van der Waals surface area contributed by atoms with Crippen molar-refractivity contribution in [2.75, 3.05) is 39.8 Å². The van der Waals surface area contributed by atoms with Gasteiger partial charge in [-0.3, -0.25) is 9.59 Å². The van der Waals surface area contributed by atoms with E-state index < -0.39 is 5.54 Å². The number of nitrogens with one attached hydrogen (secondary N) is 1. The summed E-state index contributed by atoms with van der Waals surface area (Å²) in [5.74, 6) is 0.0575. The smallest absolute Gasteiger partial charge is 0.248 e. The minimum absolute atomic E-state index is 0.0158. The molecule has 0 aromatic carbocycles. The maximum absolute atomic E-state index is 12.7. The Labute approximate surface area is 119 Å². The van der Waals surface area contributed by atoms with Gasteiger partial charge in [0, 0.05) is 19.6 Å².